The van der Waals surface area contributed by atoms with E-state index in [2.05, 4.69) is 5.10 Å². The van der Waals surface area contributed by atoms with Crippen LogP contribution in [0.1, 0.15) is 19.8 Å². The molecule has 1 atom stereocenters. The van der Waals surface area contributed by atoms with Gasteiger partial charge in [-0.15, -0.1) is 0 Å². The number of aliphatic hydroxyl groups is 1. The Morgan fingerprint density at radius 2 is 2.05 bits per heavy atom. The van der Waals surface area contributed by atoms with Gasteiger partial charge in [0.25, 0.3) is 0 Å². The van der Waals surface area contributed by atoms with Crippen LogP contribution in [0.3, 0.4) is 0 Å². The van der Waals surface area contributed by atoms with Crippen LogP contribution in [0.4, 0.5) is 5.82 Å². The van der Waals surface area contributed by atoms with Crippen LogP contribution in [0.5, 0.6) is 0 Å². The summed E-state index contributed by atoms with van der Waals surface area (Å²) in [7, 11) is -1.94. The van der Waals surface area contributed by atoms with Crippen molar-refractivity contribution < 1.29 is 13.5 Å². The van der Waals surface area contributed by atoms with Gasteiger partial charge < -0.3 is 10.8 Å². The fraction of sp³-hybridized carbons (Fsp3) is 0.727. The smallest absolute Gasteiger partial charge is 0.248 e. The van der Waals surface area contributed by atoms with Gasteiger partial charge in [-0.05, 0) is 25.7 Å². The number of hydrogen-bond acceptors (Lipinski definition) is 5. The molecule has 1 aliphatic heterocycles. The van der Waals surface area contributed by atoms with Crippen LogP contribution in [0, 0.1) is 5.92 Å². The van der Waals surface area contributed by atoms with Gasteiger partial charge in [-0.1, -0.05) is 0 Å². The quantitative estimate of drug-likeness (QED) is 0.801. The van der Waals surface area contributed by atoms with E-state index in [0.717, 1.165) is 0 Å². The molecule has 108 valence electrons. The summed E-state index contributed by atoms with van der Waals surface area (Å²) in [6, 6.07) is 0. The number of aromatic nitrogens is 2. The second-order valence-electron chi connectivity index (χ2n) is 5.03. The molecule has 1 unspecified atom stereocenters. The Morgan fingerprint density at radius 3 is 2.47 bits per heavy atom. The van der Waals surface area contributed by atoms with Crippen molar-refractivity contribution in [1.29, 1.82) is 0 Å². The second kappa shape index (κ2) is 5.10. The van der Waals surface area contributed by atoms with Crippen molar-refractivity contribution in [3.05, 3.63) is 6.20 Å². The molecule has 2 rings (SSSR count). The first-order valence-corrected chi connectivity index (χ1v) is 7.73. The molecule has 19 heavy (non-hydrogen) atoms. The van der Waals surface area contributed by atoms with E-state index in [1.54, 1.807) is 14.0 Å². The van der Waals surface area contributed by atoms with Crippen molar-refractivity contribution in [2.24, 2.45) is 13.0 Å². The summed E-state index contributed by atoms with van der Waals surface area (Å²) in [6.07, 6.45) is 2.35. The maximum atomic E-state index is 12.4. The summed E-state index contributed by atoms with van der Waals surface area (Å²) in [6.45, 7) is 2.56. The number of nitrogens with zero attached hydrogens (tertiary/aromatic N) is 3. The van der Waals surface area contributed by atoms with Gasteiger partial charge in [0, 0.05) is 26.3 Å². The number of anilines is 1. The Kier molecular flexibility index (Phi) is 3.84. The van der Waals surface area contributed by atoms with Gasteiger partial charge in [-0.25, -0.2) is 8.42 Å². The van der Waals surface area contributed by atoms with Gasteiger partial charge in [0.05, 0.1) is 6.10 Å². The maximum absolute atomic E-state index is 12.4. The zero-order valence-corrected chi connectivity index (χ0v) is 12.0. The monoisotopic (exact) mass is 288 g/mol. The average molecular weight is 288 g/mol. The summed E-state index contributed by atoms with van der Waals surface area (Å²) in [4.78, 5) is 0.0606. The van der Waals surface area contributed by atoms with Crippen LogP contribution in [0.15, 0.2) is 11.1 Å². The first-order chi connectivity index (χ1) is 8.82. The number of nitrogens with two attached hydrogens (primary N) is 1. The number of nitrogen functional groups attached to an aromatic ring is 1. The van der Waals surface area contributed by atoms with Crippen LogP contribution in [-0.2, 0) is 17.1 Å². The number of rotatable bonds is 3. The highest BCUT2D eigenvalue weighted by atomic mass is 32.2. The van der Waals surface area contributed by atoms with E-state index in [1.807, 2.05) is 0 Å². The summed E-state index contributed by atoms with van der Waals surface area (Å²) < 4.78 is 27.7. The van der Waals surface area contributed by atoms with Crippen LogP contribution < -0.4 is 5.73 Å². The molecule has 0 bridgehead atoms. The summed E-state index contributed by atoms with van der Waals surface area (Å²) in [5, 5.41) is 13.4. The first-order valence-electron chi connectivity index (χ1n) is 6.29. The van der Waals surface area contributed by atoms with Crippen molar-refractivity contribution in [3.8, 4) is 0 Å². The third-order valence-corrected chi connectivity index (χ3v) is 5.54. The molecule has 0 aliphatic carbocycles. The Balaban J connectivity index is 2.16. The molecule has 3 N–H and O–H groups in total. The second-order valence-corrected chi connectivity index (χ2v) is 6.94. The minimum atomic E-state index is -3.58. The summed E-state index contributed by atoms with van der Waals surface area (Å²) in [5.74, 6) is 0.192. The minimum Gasteiger partial charge on any atom is -0.393 e. The van der Waals surface area contributed by atoms with Crippen molar-refractivity contribution >= 4 is 15.8 Å². The van der Waals surface area contributed by atoms with Gasteiger partial charge in [-0.3, -0.25) is 4.68 Å². The third-order valence-electron chi connectivity index (χ3n) is 3.62. The molecule has 7 nitrogen and oxygen atoms in total. The number of hydrogen-bond donors (Lipinski definition) is 2. The van der Waals surface area contributed by atoms with Crippen LogP contribution in [-0.4, -0.2) is 46.8 Å². The highest BCUT2D eigenvalue weighted by Crippen LogP contribution is 2.27. The van der Waals surface area contributed by atoms with Gasteiger partial charge >= 0.3 is 0 Å². The average Bonchev–Trinajstić information content (AvgIpc) is 2.69. The Hall–Kier alpha value is -1.12. The molecule has 0 saturated carbocycles. The summed E-state index contributed by atoms with van der Waals surface area (Å²) >= 11 is 0. The molecular weight excluding hydrogens is 268 g/mol. The van der Waals surface area contributed by atoms with Crippen molar-refractivity contribution in [3.63, 3.8) is 0 Å². The summed E-state index contributed by atoms with van der Waals surface area (Å²) in [5.41, 5.74) is 5.63. The molecule has 0 aromatic carbocycles. The zero-order valence-electron chi connectivity index (χ0n) is 11.2. The maximum Gasteiger partial charge on any atom is 0.248 e. The number of aliphatic hydroxyl groups excluding tert-OH is 1. The molecular formula is C11H20N4O3S. The fourth-order valence-corrected chi connectivity index (χ4v) is 3.98. The van der Waals surface area contributed by atoms with E-state index >= 15 is 0 Å². The fourth-order valence-electron chi connectivity index (χ4n) is 2.42. The Bertz CT molecular complexity index is 544. The first kappa shape index (κ1) is 14.3. The van der Waals surface area contributed by atoms with Gasteiger partial charge in [-0.2, -0.15) is 9.40 Å². The van der Waals surface area contributed by atoms with Gasteiger partial charge in [0.1, 0.15) is 4.90 Å². The third kappa shape index (κ3) is 2.75. The predicted molar refractivity (Wildman–Crippen MR) is 70.8 cm³/mol. The SMILES string of the molecule is CC(O)C1CCN(S(=O)(=O)c2cn(C)nc2N)CC1. The molecule has 1 aromatic rings. The van der Waals surface area contributed by atoms with Crippen LogP contribution >= 0.6 is 0 Å². The van der Waals surface area contributed by atoms with E-state index in [9.17, 15) is 13.5 Å². The van der Waals surface area contributed by atoms with Crippen molar-refractivity contribution in [2.45, 2.75) is 30.8 Å². The minimum absolute atomic E-state index is 0.0279. The predicted octanol–water partition coefficient (Wildman–Crippen LogP) is -0.216. The van der Waals surface area contributed by atoms with E-state index in [4.69, 9.17) is 5.73 Å². The lowest BCUT2D eigenvalue weighted by molar-refractivity contribution is 0.0912. The molecule has 1 fully saturated rings. The molecule has 8 heteroatoms. The number of sulfonamides is 1. The highest BCUT2D eigenvalue weighted by Gasteiger charge is 2.33. The molecule has 0 radical (unpaired) electrons. The van der Waals surface area contributed by atoms with Gasteiger partial charge in [0.15, 0.2) is 5.82 Å². The molecule has 1 saturated heterocycles. The number of piperidine rings is 1. The van der Waals surface area contributed by atoms with E-state index in [0.29, 0.717) is 25.9 Å². The van der Waals surface area contributed by atoms with Crippen LogP contribution in [0.2, 0.25) is 0 Å². The molecule has 0 spiro atoms. The van der Waals surface area contributed by atoms with E-state index < -0.39 is 16.1 Å². The molecule has 1 aliphatic rings. The lowest BCUT2D eigenvalue weighted by Crippen LogP contribution is -2.40. The molecule has 2 heterocycles. The van der Waals surface area contributed by atoms with Crippen molar-refractivity contribution in [1.82, 2.24) is 14.1 Å². The highest BCUT2D eigenvalue weighted by molar-refractivity contribution is 7.89. The Morgan fingerprint density at radius 1 is 1.47 bits per heavy atom. The van der Waals surface area contributed by atoms with Gasteiger partial charge in [0.2, 0.25) is 10.0 Å². The normalized spacial score (nSPS) is 20.6. The lowest BCUT2D eigenvalue weighted by Gasteiger charge is -2.32. The Labute approximate surface area is 113 Å². The molecule has 0 amide bonds. The van der Waals surface area contributed by atoms with Crippen molar-refractivity contribution in [2.75, 3.05) is 18.8 Å². The lowest BCUT2D eigenvalue weighted by atomic mass is 9.93. The largest absolute Gasteiger partial charge is 0.393 e. The van der Waals surface area contributed by atoms with Crippen LogP contribution in [0.25, 0.3) is 0 Å². The van der Waals surface area contributed by atoms with E-state index in [1.165, 1.54) is 15.2 Å². The number of aryl methyl sites for hydroxylation is 1. The standard InChI is InChI=1S/C11H20N4O3S/c1-8(16)9-3-5-15(6-4-9)19(17,18)10-7-14(2)13-11(10)12/h7-9,16H,3-6H2,1-2H3,(H2,12,13). The van der Waals surface area contributed by atoms with E-state index in [-0.39, 0.29) is 16.6 Å². The topological polar surface area (TPSA) is 101 Å². The zero-order chi connectivity index (χ0) is 14.2. The molecule has 1 aromatic heterocycles.